The number of benzene rings is 1. The Bertz CT molecular complexity index is 502. The Balaban J connectivity index is 3.18. The van der Waals surface area contributed by atoms with Crippen molar-refractivity contribution in [3.8, 4) is 0 Å². The second-order valence-corrected chi connectivity index (χ2v) is 4.75. The molecule has 1 rings (SSSR count). The second-order valence-electron chi connectivity index (χ2n) is 4.75. The molecule has 0 radical (unpaired) electrons. The molecule has 0 saturated carbocycles. The van der Waals surface area contributed by atoms with Gasteiger partial charge in [0, 0.05) is 18.7 Å². The van der Waals surface area contributed by atoms with Crippen LogP contribution < -0.4 is 10.6 Å². The van der Waals surface area contributed by atoms with Crippen LogP contribution in [-0.4, -0.2) is 35.6 Å². The smallest absolute Gasteiger partial charge is 0.292 e. The number of nitro groups is 1. The Morgan fingerprint density at radius 3 is 2.55 bits per heavy atom. The molecular weight excluding hydrogens is 262 g/mol. The zero-order chi connectivity index (χ0) is 15.3. The van der Waals surface area contributed by atoms with Crippen LogP contribution in [0.5, 0.6) is 0 Å². The van der Waals surface area contributed by atoms with Crippen molar-refractivity contribution < 1.29 is 14.8 Å². The first-order valence-electron chi connectivity index (χ1n) is 6.28. The summed E-state index contributed by atoms with van der Waals surface area (Å²) < 4.78 is 0. The van der Waals surface area contributed by atoms with Crippen LogP contribution in [0.25, 0.3) is 0 Å². The second kappa shape index (κ2) is 6.85. The summed E-state index contributed by atoms with van der Waals surface area (Å²) in [6.45, 7) is 3.63. The largest absolute Gasteiger partial charge is 0.394 e. The third-order valence-electron chi connectivity index (χ3n) is 3.02. The number of hydrogen-bond acceptors (Lipinski definition) is 5. The van der Waals surface area contributed by atoms with E-state index in [2.05, 4.69) is 10.6 Å². The first kappa shape index (κ1) is 15.9. The quantitative estimate of drug-likeness (QED) is 0.540. The lowest BCUT2D eigenvalue weighted by Gasteiger charge is -2.21. The number of rotatable bonds is 6. The van der Waals surface area contributed by atoms with E-state index in [0.717, 1.165) is 0 Å². The van der Waals surface area contributed by atoms with E-state index in [1.807, 2.05) is 13.8 Å². The van der Waals surface area contributed by atoms with Crippen LogP contribution in [0.3, 0.4) is 0 Å². The fourth-order valence-corrected chi connectivity index (χ4v) is 1.72. The van der Waals surface area contributed by atoms with Crippen LogP contribution in [0.15, 0.2) is 18.2 Å². The van der Waals surface area contributed by atoms with Gasteiger partial charge in [0.25, 0.3) is 11.6 Å². The van der Waals surface area contributed by atoms with E-state index in [1.54, 1.807) is 0 Å². The SMILES string of the molecule is CNC(=O)c1ccc([N+](=O)[O-])c(N[C@H](CO)C(C)C)c1. The number of carbonyl (C=O) groups is 1. The number of nitrogens with zero attached hydrogens (tertiary/aromatic N) is 1. The van der Waals surface area contributed by atoms with E-state index in [4.69, 9.17) is 0 Å². The summed E-state index contributed by atoms with van der Waals surface area (Å²) in [5.41, 5.74) is 0.418. The van der Waals surface area contributed by atoms with Crippen LogP contribution in [0, 0.1) is 16.0 Å². The third kappa shape index (κ3) is 3.67. The van der Waals surface area contributed by atoms with Gasteiger partial charge in [-0.2, -0.15) is 0 Å². The highest BCUT2D eigenvalue weighted by Gasteiger charge is 2.20. The number of aliphatic hydroxyl groups is 1. The first-order chi connectivity index (χ1) is 9.40. The number of aliphatic hydroxyl groups excluding tert-OH is 1. The minimum absolute atomic E-state index is 0.0864. The molecule has 20 heavy (non-hydrogen) atoms. The molecule has 3 N–H and O–H groups in total. The normalized spacial score (nSPS) is 12.1. The van der Waals surface area contributed by atoms with Gasteiger partial charge in [-0.15, -0.1) is 0 Å². The maximum atomic E-state index is 11.6. The molecule has 0 aliphatic rings. The monoisotopic (exact) mass is 281 g/mol. The van der Waals surface area contributed by atoms with E-state index in [1.165, 1.54) is 25.2 Å². The lowest BCUT2D eigenvalue weighted by Crippen LogP contribution is -2.30. The molecule has 0 unspecified atom stereocenters. The van der Waals surface area contributed by atoms with Crippen molar-refractivity contribution in [2.24, 2.45) is 5.92 Å². The van der Waals surface area contributed by atoms with Crippen molar-refractivity contribution in [2.45, 2.75) is 19.9 Å². The van der Waals surface area contributed by atoms with Gasteiger partial charge >= 0.3 is 0 Å². The molecular formula is C13H19N3O4. The number of nitrogens with one attached hydrogen (secondary N) is 2. The Morgan fingerprint density at radius 2 is 2.10 bits per heavy atom. The van der Waals surface area contributed by atoms with Gasteiger partial charge in [0.2, 0.25) is 0 Å². The number of carbonyl (C=O) groups excluding carboxylic acids is 1. The van der Waals surface area contributed by atoms with Gasteiger partial charge in [-0.1, -0.05) is 13.8 Å². The van der Waals surface area contributed by atoms with Gasteiger partial charge in [0.05, 0.1) is 17.6 Å². The zero-order valence-corrected chi connectivity index (χ0v) is 11.7. The molecule has 0 aliphatic heterocycles. The van der Waals surface area contributed by atoms with E-state index >= 15 is 0 Å². The van der Waals surface area contributed by atoms with E-state index < -0.39 is 4.92 Å². The summed E-state index contributed by atoms with van der Waals surface area (Å²) in [5, 5.41) is 25.7. The summed E-state index contributed by atoms with van der Waals surface area (Å²) in [5.74, 6) is -0.240. The van der Waals surface area contributed by atoms with Crippen LogP contribution in [0.2, 0.25) is 0 Å². The molecule has 0 aliphatic carbocycles. The summed E-state index contributed by atoms with van der Waals surface area (Å²) in [4.78, 5) is 22.1. The van der Waals surface area contributed by atoms with Gasteiger partial charge in [0.1, 0.15) is 5.69 Å². The maximum Gasteiger partial charge on any atom is 0.292 e. The Kier molecular flexibility index (Phi) is 5.45. The molecule has 7 nitrogen and oxygen atoms in total. The fraction of sp³-hybridized carbons (Fsp3) is 0.462. The third-order valence-corrected chi connectivity index (χ3v) is 3.02. The highest BCUT2D eigenvalue weighted by molar-refractivity contribution is 5.95. The Hall–Kier alpha value is -2.15. The number of hydrogen-bond donors (Lipinski definition) is 3. The molecule has 1 aromatic rings. The average molecular weight is 281 g/mol. The fourth-order valence-electron chi connectivity index (χ4n) is 1.72. The van der Waals surface area contributed by atoms with Gasteiger partial charge in [-0.25, -0.2) is 0 Å². The van der Waals surface area contributed by atoms with Crippen molar-refractivity contribution in [3.05, 3.63) is 33.9 Å². The highest BCUT2D eigenvalue weighted by Crippen LogP contribution is 2.27. The molecule has 1 atom stereocenters. The maximum absolute atomic E-state index is 11.6. The summed E-state index contributed by atoms with van der Waals surface area (Å²) in [6.07, 6.45) is 0. The van der Waals surface area contributed by atoms with Crippen molar-refractivity contribution in [3.63, 3.8) is 0 Å². The summed E-state index contributed by atoms with van der Waals surface area (Å²) in [7, 11) is 1.49. The van der Waals surface area contributed by atoms with Gasteiger partial charge in [-0.3, -0.25) is 14.9 Å². The minimum atomic E-state index is -0.523. The molecule has 0 spiro atoms. The summed E-state index contributed by atoms with van der Waals surface area (Å²) in [6, 6.07) is 3.77. The van der Waals surface area contributed by atoms with E-state index in [9.17, 15) is 20.0 Å². The predicted molar refractivity (Wildman–Crippen MR) is 75.8 cm³/mol. The highest BCUT2D eigenvalue weighted by atomic mass is 16.6. The van der Waals surface area contributed by atoms with Crippen molar-refractivity contribution in [1.29, 1.82) is 0 Å². The van der Waals surface area contributed by atoms with Crippen LogP contribution in [0.4, 0.5) is 11.4 Å². The van der Waals surface area contributed by atoms with Gasteiger partial charge in [0.15, 0.2) is 0 Å². The van der Waals surface area contributed by atoms with Crippen molar-refractivity contribution in [2.75, 3.05) is 19.0 Å². The molecule has 1 aromatic carbocycles. The lowest BCUT2D eigenvalue weighted by molar-refractivity contribution is -0.384. The van der Waals surface area contributed by atoms with Crippen LogP contribution >= 0.6 is 0 Å². The standard InChI is InChI=1S/C13H19N3O4/c1-8(2)11(7-17)15-10-6-9(13(18)14-3)4-5-12(10)16(19)20/h4-6,8,11,15,17H,7H2,1-3H3,(H,14,18)/t11-/m1/s1. The molecule has 0 bridgehead atoms. The average Bonchev–Trinajstić information content (AvgIpc) is 2.42. The van der Waals surface area contributed by atoms with Gasteiger partial charge < -0.3 is 15.7 Å². The molecule has 1 amide bonds. The number of amides is 1. The van der Waals surface area contributed by atoms with Gasteiger partial charge in [-0.05, 0) is 18.1 Å². The summed E-state index contributed by atoms with van der Waals surface area (Å²) >= 11 is 0. The predicted octanol–water partition coefficient (Wildman–Crippen LogP) is 1.38. The minimum Gasteiger partial charge on any atom is -0.394 e. The number of nitro benzene ring substituents is 1. The van der Waals surface area contributed by atoms with E-state index in [0.29, 0.717) is 5.56 Å². The topological polar surface area (TPSA) is 104 Å². The lowest BCUT2D eigenvalue weighted by atomic mass is 10.0. The molecule has 110 valence electrons. The van der Waals surface area contributed by atoms with Crippen LogP contribution in [-0.2, 0) is 0 Å². The number of anilines is 1. The Labute approximate surface area is 117 Å². The molecule has 0 aromatic heterocycles. The Morgan fingerprint density at radius 1 is 1.45 bits per heavy atom. The molecule has 0 heterocycles. The van der Waals surface area contributed by atoms with Crippen molar-refractivity contribution in [1.82, 2.24) is 5.32 Å². The zero-order valence-electron chi connectivity index (χ0n) is 11.7. The molecule has 0 fully saturated rings. The van der Waals surface area contributed by atoms with Crippen LogP contribution in [0.1, 0.15) is 24.2 Å². The molecule has 7 heteroatoms. The van der Waals surface area contributed by atoms with E-state index in [-0.39, 0.29) is 35.8 Å². The molecule has 0 saturated heterocycles. The van der Waals surface area contributed by atoms with Crippen molar-refractivity contribution >= 4 is 17.3 Å². The first-order valence-corrected chi connectivity index (χ1v) is 6.28.